The maximum atomic E-state index is 11.0. The van der Waals surface area contributed by atoms with Crippen LogP contribution in [-0.4, -0.2) is 11.8 Å². The third-order valence-corrected chi connectivity index (χ3v) is 2.70. The van der Waals surface area contributed by atoms with E-state index in [-0.39, 0.29) is 23.1 Å². The molecule has 0 aromatic heterocycles. The van der Waals surface area contributed by atoms with Crippen LogP contribution >= 0.6 is 0 Å². The van der Waals surface area contributed by atoms with Crippen LogP contribution in [0.25, 0.3) is 0 Å². The molecule has 1 saturated heterocycles. The molecule has 1 aliphatic carbocycles. The van der Waals surface area contributed by atoms with Gasteiger partial charge in [0, 0.05) is 5.92 Å². The van der Waals surface area contributed by atoms with Gasteiger partial charge in [0.2, 0.25) is 11.8 Å². The monoisotopic (exact) mass is 139 g/mol. The van der Waals surface area contributed by atoms with Gasteiger partial charge in [-0.15, -0.1) is 0 Å². The van der Waals surface area contributed by atoms with Crippen LogP contribution in [0.15, 0.2) is 0 Å². The summed E-state index contributed by atoms with van der Waals surface area (Å²) < 4.78 is 0. The highest BCUT2D eigenvalue weighted by atomic mass is 16.2. The van der Waals surface area contributed by atoms with Crippen molar-refractivity contribution in [1.82, 2.24) is 5.32 Å². The lowest BCUT2D eigenvalue weighted by Crippen LogP contribution is -2.22. The van der Waals surface area contributed by atoms with Gasteiger partial charge in [-0.1, -0.05) is 6.92 Å². The van der Waals surface area contributed by atoms with Crippen molar-refractivity contribution in [2.24, 2.45) is 11.3 Å². The molecule has 0 aromatic carbocycles. The van der Waals surface area contributed by atoms with Gasteiger partial charge in [0.25, 0.3) is 0 Å². The quantitative estimate of drug-likeness (QED) is 0.482. The van der Waals surface area contributed by atoms with Gasteiger partial charge in [-0.25, -0.2) is 0 Å². The Morgan fingerprint density at radius 2 is 2.10 bits per heavy atom. The van der Waals surface area contributed by atoms with Crippen LogP contribution in [0.2, 0.25) is 0 Å². The van der Waals surface area contributed by atoms with E-state index in [1.165, 1.54) is 0 Å². The second-order valence-corrected chi connectivity index (χ2v) is 3.20. The summed E-state index contributed by atoms with van der Waals surface area (Å²) in [4.78, 5) is 22.0. The minimum atomic E-state index is -0.267. The standard InChI is InChI=1S/C7H9NO2/c1-4-5(9)8-6(10)7(4)2-3-7/h4H,2-3H2,1H3,(H,8,9,10). The summed E-state index contributed by atoms with van der Waals surface area (Å²) in [6.07, 6.45) is 1.79. The van der Waals surface area contributed by atoms with E-state index >= 15 is 0 Å². The fraction of sp³-hybridized carbons (Fsp3) is 0.714. The highest BCUT2D eigenvalue weighted by Gasteiger charge is 2.60. The van der Waals surface area contributed by atoms with Gasteiger partial charge in [-0.05, 0) is 12.8 Å². The van der Waals surface area contributed by atoms with E-state index in [4.69, 9.17) is 0 Å². The molecule has 2 amide bonds. The SMILES string of the molecule is CC1C(=O)NC(=O)C12CC2. The highest BCUT2D eigenvalue weighted by molar-refractivity contribution is 6.08. The first-order chi connectivity index (χ1) is 4.67. The zero-order chi connectivity index (χ0) is 7.35. The molecule has 1 spiro atoms. The maximum absolute atomic E-state index is 11.0. The number of rotatable bonds is 0. The predicted octanol–water partition coefficient (Wildman–Crippen LogP) is 0.0591. The molecule has 1 N–H and O–H groups in total. The van der Waals surface area contributed by atoms with E-state index in [9.17, 15) is 9.59 Å². The lowest BCUT2D eigenvalue weighted by molar-refractivity contribution is -0.126. The Morgan fingerprint density at radius 1 is 1.50 bits per heavy atom. The molecule has 2 rings (SSSR count). The van der Waals surface area contributed by atoms with Crippen molar-refractivity contribution < 1.29 is 9.59 Å². The lowest BCUT2D eigenvalue weighted by Gasteiger charge is -2.04. The van der Waals surface area contributed by atoms with Gasteiger partial charge in [0.15, 0.2) is 0 Å². The molecule has 1 heterocycles. The minimum Gasteiger partial charge on any atom is -0.296 e. The third-order valence-electron chi connectivity index (χ3n) is 2.70. The van der Waals surface area contributed by atoms with Crippen molar-refractivity contribution in [1.29, 1.82) is 0 Å². The van der Waals surface area contributed by atoms with Crippen LogP contribution < -0.4 is 5.32 Å². The lowest BCUT2D eigenvalue weighted by atomic mass is 9.94. The first-order valence-corrected chi connectivity index (χ1v) is 3.52. The minimum absolute atomic E-state index is 0.0509. The van der Waals surface area contributed by atoms with Crippen molar-refractivity contribution in [2.45, 2.75) is 19.8 Å². The molecule has 0 radical (unpaired) electrons. The van der Waals surface area contributed by atoms with E-state index < -0.39 is 0 Å². The van der Waals surface area contributed by atoms with Crippen molar-refractivity contribution in [3.63, 3.8) is 0 Å². The van der Waals surface area contributed by atoms with E-state index in [1.807, 2.05) is 6.92 Å². The van der Waals surface area contributed by atoms with E-state index in [2.05, 4.69) is 5.32 Å². The van der Waals surface area contributed by atoms with Crippen LogP contribution in [0.3, 0.4) is 0 Å². The zero-order valence-electron chi connectivity index (χ0n) is 5.81. The van der Waals surface area contributed by atoms with Crippen molar-refractivity contribution in [3.8, 4) is 0 Å². The molecular formula is C7H9NO2. The molecule has 0 bridgehead atoms. The Hall–Kier alpha value is -0.860. The van der Waals surface area contributed by atoms with E-state index in [1.54, 1.807) is 0 Å². The molecule has 10 heavy (non-hydrogen) atoms. The van der Waals surface area contributed by atoms with E-state index in [0.29, 0.717) is 0 Å². The van der Waals surface area contributed by atoms with Crippen LogP contribution in [0, 0.1) is 11.3 Å². The highest BCUT2D eigenvalue weighted by Crippen LogP contribution is 2.54. The van der Waals surface area contributed by atoms with Gasteiger partial charge in [0.1, 0.15) is 0 Å². The first kappa shape index (κ1) is 5.89. The summed E-state index contributed by atoms with van der Waals surface area (Å²) >= 11 is 0. The Kier molecular flexibility index (Phi) is 0.832. The molecule has 2 fully saturated rings. The molecule has 0 aromatic rings. The van der Waals surface area contributed by atoms with Gasteiger partial charge >= 0.3 is 0 Å². The number of hydrogen-bond acceptors (Lipinski definition) is 2. The fourth-order valence-electron chi connectivity index (χ4n) is 1.59. The van der Waals surface area contributed by atoms with Crippen LogP contribution in [-0.2, 0) is 9.59 Å². The normalized spacial score (nSPS) is 34.7. The van der Waals surface area contributed by atoms with Crippen LogP contribution in [0.4, 0.5) is 0 Å². The molecule has 54 valence electrons. The number of carbonyl (C=O) groups is 2. The average Bonchev–Trinajstić information content (AvgIpc) is 2.61. The summed E-state index contributed by atoms with van der Waals surface area (Å²) in [6.45, 7) is 1.83. The second-order valence-electron chi connectivity index (χ2n) is 3.20. The van der Waals surface area contributed by atoms with Crippen LogP contribution in [0.5, 0.6) is 0 Å². The predicted molar refractivity (Wildman–Crippen MR) is 34.0 cm³/mol. The smallest absolute Gasteiger partial charge is 0.233 e. The molecule has 3 heteroatoms. The summed E-state index contributed by atoms with van der Waals surface area (Å²) in [7, 11) is 0. The van der Waals surface area contributed by atoms with Crippen LogP contribution in [0.1, 0.15) is 19.8 Å². The molecule has 2 aliphatic rings. The number of nitrogens with one attached hydrogen (secondary N) is 1. The van der Waals surface area contributed by atoms with Gasteiger partial charge < -0.3 is 0 Å². The summed E-state index contributed by atoms with van der Waals surface area (Å²) in [6, 6.07) is 0. The topological polar surface area (TPSA) is 46.2 Å². The molecule has 1 saturated carbocycles. The number of carbonyl (C=O) groups excluding carboxylic acids is 2. The molecule has 3 nitrogen and oxygen atoms in total. The Bertz CT molecular complexity index is 218. The number of imide groups is 1. The van der Waals surface area contributed by atoms with E-state index in [0.717, 1.165) is 12.8 Å². The molecule has 1 aliphatic heterocycles. The Balaban J connectivity index is 2.35. The Labute approximate surface area is 58.8 Å². The maximum Gasteiger partial charge on any atom is 0.233 e. The number of hydrogen-bond donors (Lipinski definition) is 1. The number of amides is 2. The summed E-state index contributed by atoms with van der Waals surface area (Å²) in [5.74, 6) is -0.229. The van der Waals surface area contributed by atoms with Gasteiger partial charge in [-0.3, -0.25) is 14.9 Å². The second kappa shape index (κ2) is 1.41. The van der Waals surface area contributed by atoms with Gasteiger partial charge in [0.05, 0.1) is 5.41 Å². The summed E-state index contributed by atoms with van der Waals surface area (Å²) in [5.41, 5.74) is -0.267. The molecule has 1 atom stereocenters. The van der Waals surface area contributed by atoms with Gasteiger partial charge in [-0.2, -0.15) is 0 Å². The third kappa shape index (κ3) is 0.462. The van der Waals surface area contributed by atoms with Crippen molar-refractivity contribution in [3.05, 3.63) is 0 Å². The zero-order valence-corrected chi connectivity index (χ0v) is 5.81. The average molecular weight is 139 g/mol. The van der Waals surface area contributed by atoms with Crippen molar-refractivity contribution in [2.75, 3.05) is 0 Å². The largest absolute Gasteiger partial charge is 0.296 e. The molecular weight excluding hydrogens is 130 g/mol. The van der Waals surface area contributed by atoms with Crippen molar-refractivity contribution >= 4 is 11.8 Å². The fourth-order valence-corrected chi connectivity index (χ4v) is 1.59. The Morgan fingerprint density at radius 3 is 2.30 bits per heavy atom. The first-order valence-electron chi connectivity index (χ1n) is 3.52. The molecule has 1 unspecified atom stereocenters. The summed E-state index contributed by atoms with van der Waals surface area (Å²) in [5, 5.41) is 2.34.